The number of hydrogen-bond acceptors (Lipinski definition) is 4. The minimum atomic E-state index is -0.521. The Labute approximate surface area is 110 Å². The van der Waals surface area contributed by atoms with Crippen molar-refractivity contribution in [3.05, 3.63) is 46.0 Å². The smallest absolute Gasteiger partial charge is 0.331 e. The number of ether oxygens (including phenoxy) is 1. The Morgan fingerprint density at radius 2 is 2.11 bits per heavy atom. The Morgan fingerprint density at radius 1 is 1.37 bits per heavy atom. The van der Waals surface area contributed by atoms with Gasteiger partial charge in [-0.25, -0.2) is 9.78 Å². The number of benzene rings is 1. The molecule has 1 aromatic carbocycles. The first kappa shape index (κ1) is 13.0. The zero-order chi connectivity index (χ0) is 14.0. The predicted molar refractivity (Wildman–Crippen MR) is 72.8 cm³/mol. The van der Waals surface area contributed by atoms with Crippen molar-refractivity contribution in [1.29, 1.82) is 0 Å². The molecule has 0 spiro atoms. The molecule has 0 aliphatic rings. The number of esters is 1. The van der Waals surface area contributed by atoms with E-state index >= 15 is 0 Å². The molecule has 2 rings (SSSR count). The Balaban J connectivity index is 2.61. The third-order valence-electron chi connectivity index (χ3n) is 2.79. The molecule has 2 aromatic rings. The Bertz CT molecular complexity index is 729. The summed E-state index contributed by atoms with van der Waals surface area (Å²) in [7, 11) is 1.28. The van der Waals surface area contributed by atoms with Crippen LogP contribution in [-0.2, 0) is 9.53 Å². The fraction of sp³-hybridized carbons (Fsp3) is 0.214. The second kappa shape index (κ2) is 5.06. The summed E-state index contributed by atoms with van der Waals surface area (Å²) in [6.07, 6.45) is 3.92. The van der Waals surface area contributed by atoms with Gasteiger partial charge in [0.15, 0.2) is 0 Å². The second-order valence-corrected chi connectivity index (χ2v) is 4.27. The lowest BCUT2D eigenvalue weighted by Crippen LogP contribution is -2.17. The molecule has 0 unspecified atom stereocenters. The van der Waals surface area contributed by atoms with E-state index in [1.807, 2.05) is 19.9 Å². The van der Waals surface area contributed by atoms with Gasteiger partial charge in [-0.05, 0) is 31.0 Å². The van der Waals surface area contributed by atoms with Crippen LogP contribution >= 0.6 is 0 Å². The summed E-state index contributed by atoms with van der Waals surface area (Å²) in [6.45, 7) is 3.84. The van der Waals surface area contributed by atoms with Gasteiger partial charge in [0, 0.05) is 12.3 Å². The molecule has 0 bridgehead atoms. The highest BCUT2D eigenvalue weighted by atomic mass is 16.5. The van der Waals surface area contributed by atoms with Gasteiger partial charge in [0.25, 0.3) is 5.56 Å². The first-order chi connectivity index (χ1) is 9.02. The van der Waals surface area contributed by atoms with Gasteiger partial charge >= 0.3 is 5.97 Å². The zero-order valence-electron chi connectivity index (χ0n) is 11.0. The van der Waals surface area contributed by atoms with Crippen molar-refractivity contribution in [2.24, 2.45) is 0 Å². The molecule has 1 heterocycles. The van der Waals surface area contributed by atoms with E-state index in [0.29, 0.717) is 10.9 Å². The first-order valence-corrected chi connectivity index (χ1v) is 5.77. The fourth-order valence-corrected chi connectivity index (χ4v) is 1.92. The molecule has 0 atom stereocenters. The Hall–Kier alpha value is -2.43. The van der Waals surface area contributed by atoms with Gasteiger partial charge in [-0.1, -0.05) is 6.07 Å². The van der Waals surface area contributed by atoms with Crippen molar-refractivity contribution < 1.29 is 9.53 Å². The number of hydrogen-bond donors (Lipinski definition) is 0. The lowest BCUT2D eigenvalue weighted by Gasteiger charge is -2.05. The van der Waals surface area contributed by atoms with Crippen molar-refractivity contribution >= 4 is 23.1 Å². The third kappa shape index (κ3) is 2.54. The monoisotopic (exact) mass is 258 g/mol. The Kier molecular flexibility index (Phi) is 3.46. The average molecular weight is 258 g/mol. The summed E-state index contributed by atoms with van der Waals surface area (Å²) < 4.78 is 5.74. The largest absolute Gasteiger partial charge is 0.466 e. The molecule has 0 saturated heterocycles. The molecule has 0 fully saturated rings. The number of methoxy groups -OCH3 is 1. The molecule has 0 N–H and O–H groups in total. The molecule has 0 radical (unpaired) electrons. The normalized spacial score (nSPS) is 11.1. The summed E-state index contributed by atoms with van der Waals surface area (Å²) in [5, 5.41) is 0.537. The van der Waals surface area contributed by atoms with E-state index in [9.17, 15) is 9.59 Å². The van der Waals surface area contributed by atoms with Crippen LogP contribution in [0.15, 0.2) is 29.3 Å². The van der Waals surface area contributed by atoms with Gasteiger partial charge < -0.3 is 4.74 Å². The molecule has 19 heavy (non-hydrogen) atoms. The van der Waals surface area contributed by atoms with E-state index in [4.69, 9.17) is 0 Å². The maximum Gasteiger partial charge on any atom is 0.331 e. The van der Waals surface area contributed by atoms with Crippen LogP contribution in [0.5, 0.6) is 0 Å². The van der Waals surface area contributed by atoms with Gasteiger partial charge in [0.1, 0.15) is 6.33 Å². The van der Waals surface area contributed by atoms with Crippen LogP contribution in [0, 0.1) is 13.8 Å². The van der Waals surface area contributed by atoms with Crippen LogP contribution < -0.4 is 5.56 Å². The van der Waals surface area contributed by atoms with Crippen LogP contribution in [0.3, 0.4) is 0 Å². The third-order valence-corrected chi connectivity index (χ3v) is 2.79. The number of fused-ring (bicyclic) bond motifs is 1. The van der Waals surface area contributed by atoms with Crippen molar-refractivity contribution in [2.45, 2.75) is 13.8 Å². The highest BCUT2D eigenvalue weighted by Crippen LogP contribution is 2.14. The summed E-state index contributed by atoms with van der Waals surface area (Å²) in [5.41, 5.74) is 2.42. The second-order valence-electron chi connectivity index (χ2n) is 4.27. The van der Waals surface area contributed by atoms with Crippen LogP contribution in [0.4, 0.5) is 0 Å². The lowest BCUT2D eigenvalue weighted by molar-refractivity contribution is -0.134. The SMILES string of the molecule is COC(=O)/C=C/n1cnc2c(C)cc(C)cc2c1=O. The Morgan fingerprint density at radius 3 is 2.79 bits per heavy atom. The van der Waals surface area contributed by atoms with Crippen molar-refractivity contribution in [3.8, 4) is 0 Å². The van der Waals surface area contributed by atoms with Crippen LogP contribution in [0.1, 0.15) is 11.1 Å². The zero-order valence-corrected chi connectivity index (χ0v) is 11.0. The van der Waals surface area contributed by atoms with E-state index in [1.54, 1.807) is 6.07 Å². The minimum Gasteiger partial charge on any atom is -0.466 e. The number of carbonyl (C=O) groups is 1. The van der Waals surface area contributed by atoms with Gasteiger partial charge in [-0.3, -0.25) is 9.36 Å². The van der Waals surface area contributed by atoms with Gasteiger partial charge in [0.05, 0.1) is 18.0 Å². The minimum absolute atomic E-state index is 0.211. The number of aromatic nitrogens is 2. The van der Waals surface area contributed by atoms with E-state index < -0.39 is 5.97 Å². The average Bonchev–Trinajstić information content (AvgIpc) is 2.38. The van der Waals surface area contributed by atoms with Gasteiger partial charge in [-0.2, -0.15) is 0 Å². The molecule has 5 heteroatoms. The fourth-order valence-electron chi connectivity index (χ4n) is 1.92. The molecular weight excluding hydrogens is 244 g/mol. The van der Waals surface area contributed by atoms with Crippen LogP contribution in [-0.4, -0.2) is 22.6 Å². The van der Waals surface area contributed by atoms with E-state index in [-0.39, 0.29) is 5.56 Å². The summed E-state index contributed by atoms with van der Waals surface area (Å²) >= 11 is 0. The highest BCUT2D eigenvalue weighted by molar-refractivity contribution is 5.85. The number of nitrogens with zero attached hydrogens (tertiary/aromatic N) is 2. The molecule has 98 valence electrons. The van der Waals surface area contributed by atoms with Crippen molar-refractivity contribution in [3.63, 3.8) is 0 Å². The molecule has 0 saturated carbocycles. The molecule has 0 aliphatic heterocycles. The van der Waals surface area contributed by atoms with Crippen molar-refractivity contribution in [2.75, 3.05) is 7.11 Å². The molecular formula is C14H14N2O3. The maximum atomic E-state index is 12.3. The number of rotatable bonds is 2. The standard InChI is InChI=1S/C14H14N2O3/c1-9-6-10(2)13-11(7-9)14(18)16(8-15-13)5-4-12(17)19-3/h4-8H,1-3H3/b5-4+. The van der Waals surface area contributed by atoms with Crippen LogP contribution in [0.2, 0.25) is 0 Å². The summed E-state index contributed by atoms with van der Waals surface area (Å²) in [4.78, 5) is 27.5. The molecule has 0 aliphatic carbocycles. The van der Waals surface area contributed by atoms with E-state index in [1.165, 1.54) is 30.3 Å². The molecule has 5 nitrogen and oxygen atoms in total. The lowest BCUT2D eigenvalue weighted by atomic mass is 10.1. The maximum absolute atomic E-state index is 12.3. The highest BCUT2D eigenvalue weighted by Gasteiger charge is 2.06. The van der Waals surface area contributed by atoms with Gasteiger partial charge in [-0.15, -0.1) is 0 Å². The van der Waals surface area contributed by atoms with Crippen molar-refractivity contribution in [1.82, 2.24) is 9.55 Å². The van der Waals surface area contributed by atoms with E-state index in [0.717, 1.165) is 11.1 Å². The predicted octanol–water partition coefficient (Wildman–Crippen LogP) is 1.66. The number of carbonyl (C=O) groups excluding carboxylic acids is 1. The quantitative estimate of drug-likeness (QED) is 0.607. The first-order valence-electron chi connectivity index (χ1n) is 5.77. The van der Waals surface area contributed by atoms with E-state index in [2.05, 4.69) is 9.72 Å². The topological polar surface area (TPSA) is 61.2 Å². The van der Waals surface area contributed by atoms with Gasteiger partial charge in [0.2, 0.25) is 0 Å². The number of aryl methyl sites for hydroxylation is 2. The summed E-state index contributed by atoms with van der Waals surface area (Å²) in [6, 6.07) is 3.77. The molecule has 1 aromatic heterocycles. The molecule has 0 amide bonds. The van der Waals surface area contributed by atoms with Crippen LogP contribution in [0.25, 0.3) is 17.1 Å². The summed E-state index contributed by atoms with van der Waals surface area (Å²) in [5.74, 6) is -0.521.